The molecule has 1 N–H and O–H groups in total. The predicted octanol–water partition coefficient (Wildman–Crippen LogP) is 5.48. The number of para-hydroxylation sites is 1. The fourth-order valence-corrected chi connectivity index (χ4v) is 4.52. The number of carbonyl (C=O) groups is 2. The smallest absolute Gasteiger partial charge is 0.416 e. The van der Waals surface area contributed by atoms with Gasteiger partial charge in [0, 0.05) is 54.6 Å². The summed E-state index contributed by atoms with van der Waals surface area (Å²) < 4.78 is 43.7. The maximum absolute atomic E-state index is 13.2. The summed E-state index contributed by atoms with van der Waals surface area (Å²) >= 11 is 0. The van der Waals surface area contributed by atoms with E-state index >= 15 is 0 Å². The highest BCUT2D eigenvalue weighted by atomic mass is 19.4. The second kappa shape index (κ2) is 10.6. The topological polar surface area (TPSA) is 74.8 Å². The Balaban J connectivity index is 1.19. The quantitative estimate of drug-likeness (QED) is 0.367. The van der Waals surface area contributed by atoms with E-state index < -0.39 is 17.6 Å². The Hall–Kier alpha value is -4.60. The van der Waals surface area contributed by atoms with Crippen LogP contribution in [0.2, 0.25) is 0 Å². The number of ether oxygens (including phenoxy) is 1. The molecule has 3 aromatic carbocycles. The zero-order chi connectivity index (χ0) is 27.6. The van der Waals surface area contributed by atoms with Crippen molar-refractivity contribution in [3.63, 3.8) is 0 Å². The second-order valence-corrected chi connectivity index (χ2v) is 9.08. The summed E-state index contributed by atoms with van der Waals surface area (Å²) in [4.78, 5) is 34.1. The largest absolute Gasteiger partial charge is 0.496 e. The zero-order valence-corrected chi connectivity index (χ0v) is 21.0. The van der Waals surface area contributed by atoms with Crippen LogP contribution in [0.1, 0.15) is 26.4 Å². The third-order valence-corrected chi connectivity index (χ3v) is 6.65. The van der Waals surface area contributed by atoms with Crippen molar-refractivity contribution in [1.82, 2.24) is 9.88 Å². The number of hydrogen-bond acceptors (Lipinski definition) is 5. The molecule has 0 saturated carbocycles. The number of methoxy groups -OCH3 is 1. The Morgan fingerprint density at radius 2 is 1.56 bits per heavy atom. The minimum Gasteiger partial charge on any atom is -0.496 e. The molecule has 10 heteroatoms. The van der Waals surface area contributed by atoms with E-state index in [0.29, 0.717) is 48.8 Å². The molecule has 0 spiro atoms. The molecular weight excluding hydrogens is 509 g/mol. The molecule has 4 aromatic rings. The number of aromatic nitrogens is 1. The molecule has 1 aliphatic heterocycles. The summed E-state index contributed by atoms with van der Waals surface area (Å²) in [6.45, 7) is 2.27. The summed E-state index contributed by atoms with van der Waals surface area (Å²) in [5, 5.41) is 3.55. The van der Waals surface area contributed by atoms with Crippen molar-refractivity contribution in [1.29, 1.82) is 0 Å². The van der Waals surface area contributed by atoms with E-state index in [2.05, 4.69) is 15.2 Å². The number of amides is 2. The van der Waals surface area contributed by atoms with Crippen molar-refractivity contribution in [3.8, 4) is 5.75 Å². The Morgan fingerprint density at radius 1 is 0.897 bits per heavy atom. The Kier molecular flexibility index (Phi) is 7.10. The van der Waals surface area contributed by atoms with Gasteiger partial charge in [-0.25, -0.2) is 4.98 Å². The van der Waals surface area contributed by atoms with Crippen LogP contribution in [0.25, 0.3) is 10.9 Å². The lowest BCUT2D eigenvalue weighted by molar-refractivity contribution is -0.137. The van der Waals surface area contributed by atoms with Gasteiger partial charge in [-0.2, -0.15) is 13.2 Å². The molecule has 0 unspecified atom stereocenters. The van der Waals surface area contributed by atoms with Crippen LogP contribution in [-0.2, 0) is 6.18 Å². The zero-order valence-electron chi connectivity index (χ0n) is 21.0. The van der Waals surface area contributed by atoms with Crippen LogP contribution in [-0.4, -0.2) is 55.0 Å². The van der Waals surface area contributed by atoms with Crippen molar-refractivity contribution >= 4 is 34.1 Å². The number of carbonyl (C=O) groups excluding carboxylic acids is 2. The highest BCUT2D eigenvalue weighted by molar-refractivity contribution is 6.04. The average molecular weight is 535 g/mol. The van der Waals surface area contributed by atoms with Crippen molar-refractivity contribution in [3.05, 3.63) is 95.7 Å². The molecule has 0 aliphatic carbocycles. The molecule has 1 saturated heterocycles. The SMILES string of the molecule is COc1cc(C(=O)N2CCN(c3ccc(NC(=O)c4ccc(C(F)(F)F)cc4)cc3)CC2)nc2ccccc12. The first-order valence-corrected chi connectivity index (χ1v) is 12.3. The van der Waals surface area contributed by atoms with Gasteiger partial charge in [-0.15, -0.1) is 0 Å². The third kappa shape index (κ3) is 5.64. The van der Waals surface area contributed by atoms with Gasteiger partial charge in [0.15, 0.2) is 0 Å². The maximum Gasteiger partial charge on any atom is 0.416 e. The van der Waals surface area contributed by atoms with Crippen molar-refractivity contribution < 1.29 is 27.5 Å². The van der Waals surface area contributed by atoms with Crippen molar-refractivity contribution in [2.45, 2.75) is 6.18 Å². The monoisotopic (exact) mass is 534 g/mol. The molecule has 1 fully saturated rings. The molecule has 0 atom stereocenters. The minimum atomic E-state index is -4.45. The first kappa shape index (κ1) is 26.0. The van der Waals surface area contributed by atoms with E-state index in [1.54, 1.807) is 30.2 Å². The molecular formula is C29H25F3N4O3. The summed E-state index contributed by atoms with van der Waals surface area (Å²) in [7, 11) is 1.57. The van der Waals surface area contributed by atoms with Gasteiger partial charge in [0.05, 0.1) is 18.2 Å². The van der Waals surface area contributed by atoms with Gasteiger partial charge in [0.25, 0.3) is 11.8 Å². The Labute approximate surface area is 222 Å². The third-order valence-electron chi connectivity index (χ3n) is 6.65. The van der Waals surface area contributed by atoms with Gasteiger partial charge in [-0.1, -0.05) is 12.1 Å². The van der Waals surface area contributed by atoms with Crippen molar-refractivity contribution in [2.24, 2.45) is 0 Å². The number of halogens is 3. The van der Waals surface area contributed by atoms with Crippen LogP contribution < -0.4 is 15.0 Å². The Bertz CT molecular complexity index is 1500. The van der Waals surface area contributed by atoms with Crippen LogP contribution in [0.5, 0.6) is 5.75 Å². The first-order chi connectivity index (χ1) is 18.7. The van der Waals surface area contributed by atoms with E-state index in [9.17, 15) is 22.8 Å². The van der Waals surface area contributed by atoms with Gasteiger partial charge in [0.2, 0.25) is 0 Å². The molecule has 2 heterocycles. The highest BCUT2D eigenvalue weighted by Crippen LogP contribution is 2.29. The minimum absolute atomic E-state index is 0.131. The molecule has 0 bridgehead atoms. The van der Waals surface area contributed by atoms with E-state index in [1.165, 1.54) is 0 Å². The standard InChI is InChI=1S/C29H25F3N4O3/c1-39-26-18-25(34-24-5-3-2-4-23(24)26)28(38)36-16-14-35(15-17-36)22-12-10-21(11-13-22)33-27(37)19-6-8-20(9-7-19)29(30,31)32/h2-13,18H,14-17H2,1H3,(H,33,37). The molecule has 7 nitrogen and oxygen atoms in total. The normalized spacial score (nSPS) is 13.8. The van der Waals surface area contributed by atoms with E-state index in [-0.39, 0.29) is 11.5 Å². The van der Waals surface area contributed by atoms with Crippen LogP contribution in [0.3, 0.4) is 0 Å². The van der Waals surface area contributed by atoms with Crippen LogP contribution >= 0.6 is 0 Å². The van der Waals surface area contributed by atoms with Gasteiger partial charge in [-0.3, -0.25) is 9.59 Å². The predicted molar refractivity (Wildman–Crippen MR) is 142 cm³/mol. The van der Waals surface area contributed by atoms with E-state index in [0.717, 1.165) is 35.3 Å². The average Bonchev–Trinajstić information content (AvgIpc) is 2.96. The molecule has 1 aliphatic rings. The number of rotatable bonds is 5. The van der Waals surface area contributed by atoms with E-state index in [1.807, 2.05) is 36.4 Å². The molecule has 5 rings (SSSR count). The molecule has 0 radical (unpaired) electrons. The lowest BCUT2D eigenvalue weighted by atomic mass is 10.1. The van der Waals surface area contributed by atoms with Gasteiger partial charge in [-0.05, 0) is 60.7 Å². The highest BCUT2D eigenvalue weighted by Gasteiger charge is 2.30. The summed E-state index contributed by atoms with van der Waals surface area (Å²) in [6.07, 6.45) is -4.45. The molecule has 39 heavy (non-hydrogen) atoms. The summed E-state index contributed by atoms with van der Waals surface area (Å²) in [5.74, 6) is -0.0457. The Morgan fingerprint density at radius 3 is 2.21 bits per heavy atom. The maximum atomic E-state index is 13.2. The number of pyridine rings is 1. The number of fused-ring (bicyclic) bond motifs is 1. The number of alkyl halides is 3. The van der Waals surface area contributed by atoms with Crippen molar-refractivity contribution in [2.75, 3.05) is 43.5 Å². The fraction of sp³-hybridized carbons (Fsp3) is 0.207. The van der Waals surface area contributed by atoms with Crippen LogP contribution in [0, 0.1) is 0 Å². The second-order valence-electron chi connectivity index (χ2n) is 9.08. The summed E-state index contributed by atoms with van der Waals surface area (Å²) in [5.41, 5.74) is 1.82. The van der Waals surface area contributed by atoms with E-state index in [4.69, 9.17) is 4.74 Å². The molecule has 2 amide bonds. The molecule has 200 valence electrons. The lowest BCUT2D eigenvalue weighted by Crippen LogP contribution is -2.49. The van der Waals surface area contributed by atoms with Gasteiger partial charge < -0.3 is 19.9 Å². The summed E-state index contributed by atoms with van der Waals surface area (Å²) in [6, 6.07) is 20.4. The number of nitrogens with zero attached hydrogens (tertiary/aromatic N) is 3. The van der Waals surface area contributed by atoms with Crippen LogP contribution in [0.4, 0.5) is 24.5 Å². The number of benzene rings is 3. The number of hydrogen-bond donors (Lipinski definition) is 1. The lowest BCUT2D eigenvalue weighted by Gasteiger charge is -2.36. The first-order valence-electron chi connectivity index (χ1n) is 12.3. The van der Waals surface area contributed by atoms with Gasteiger partial charge >= 0.3 is 6.18 Å². The fourth-order valence-electron chi connectivity index (χ4n) is 4.52. The van der Waals surface area contributed by atoms with Gasteiger partial charge in [0.1, 0.15) is 11.4 Å². The number of piperazine rings is 1. The number of anilines is 2. The van der Waals surface area contributed by atoms with Crippen LogP contribution in [0.15, 0.2) is 78.9 Å². The molecule has 1 aromatic heterocycles. The number of nitrogens with one attached hydrogen (secondary N) is 1.